The lowest BCUT2D eigenvalue weighted by atomic mass is 10.2. The minimum absolute atomic E-state index is 0.213. The number of anilines is 1. The lowest BCUT2D eigenvalue weighted by Crippen LogP contribution is -2.30. The van der Waals surface area contributed by atoms with E-state index >= 15 is 0 Å². The Balaban J connectivity index is 2.64. The van der Waals surface area contributed by atoms with Gasteiger partial charge in [0.1, 0.15) is 0 Å². The van der Waals surface area contributed by atoms with Gasteiger partial charge in [-0.15, -0.1) is 0 Å². The van der Waals surface area contributed by atoms with Crippen molar-refractivity contribution in [1.82, 2.24) is 16.2 Å². The Hall–Kier alpha value is -1.91. The first-order valence-corrected chi connectivity index (χ1v) is 11.9. The van der Waals surface area contributed by atoms with Crippen LogP contribution in [-0.2, 0) is 19.8 Å². The minimum atomic E-state index is -3.13. The van der Waals surface area contributed by atoms with Gasteiger partial charge in [0.15, 0.2) is 10.2 Å². The van der Waals surface area contributed by atoms with E-state index in [0.29, 0.717) is 34.9 Å². The van der Waals surface area contributed by atoms with Gasteiger partial charge in [0.05, 0.1) is 30.8 Å². The van der Waals surface area contributed by atoms with Gasteiger partial charge in [-0.2, -0.15) is 10.2 Å². The van der Waals surface area contributed by atoms with E-state index in [9.17, 15) is 4.57 Å². The molecule has 0 aliphatic heterocycles. The topological polar surface area (TPSA) is 108 Å². The SMILES string of the molecule is CCOP(=O)(Cc1ccc(NC(=S)NN=C(C)C(C)=NNC(=S)NC)cc1)OCC. The fourth-order valence-electron chi connectivity index (χ4n) is 2.09. The highest BCUT2D eigenvalue weighted by atomic mass is 32.1. The largest absolute Gasteiger partial charge is 0.364 e. The molecule has 0 heterocycles. The van der Waals surface area contributed by atoms with Crippen LogP contribution in [0.3, 0.4) is 0 Å². The molecule has 0 bridgehead atoms. The molecule has 1 rings (SSSR count). The number of nitrogens with one attached hydrogen (secondary N) is 4. The highest BCUT2D eigenvalue weighted by Gasteiger charge is 2.23. The average molecular weight is 473 g/mol. The molecule has 0 atom stereocenters. The van der Waals surface area contributed by atoms with Crippen molar-refractivity contribution in [1.29, 1.82) is 0 Å². The van der Waals surface area contributed by atoms with Crippen LogP contribution in [-0.4, -0.2) is 41.9 Å². The quantitative estimate of drug-likeness (QED) is 0.176. The van der Waals surface area contributed by atoms with Gasteiger partial charge in [0.2, 0.25) is 0 Å². The van der Waals surface area contributed by atoms with E-state index in [0.717, 1.165) is 11.3 Å². The molecule has 0 aromatic heterocycles. The molecule has 0 aliphatic rings. The van der Waals surface area contributed by atoms with Crippen molar-refractivity contribution in [3.05, 3.63) is 29.8 Å². The molecule has 9 nitrogen and oxygen atoms in total. The van der Waals surface area contributed by atoms with E-state index in [2.05, 4.69) is 31.7 Å². The van der Waals surface area contributed by atoms with Crippen LogP contribution in [0.4, 0.5) is 5.69 Å². The maximum Gasteiger partial charge on any atom is 0.335 e. The van der Waals surface area contributed by atoms with Crippen LogP contribution in [0, 0.1) is 0 Å². The molecule has 0 radical (unpaired) electrons. The second-order valence-electron chi connectivity index (χ2n) is 5.95. The summed E-state index contributed by atoms with van der Waals surface area (Å²) in [5, 5.41) is 14.8. The fraction of sp³-hybridized carbons (Fsp3) is 0.444. The smallest absolute Gasteiger partial charge is 0.335 e. The third-order valence-corrected chi connectivity index (χ3v) is 6.18. The third kappa shape index (κ3) is 9.73. The molecule has 1 aromatic rings. The van der Waals surface area contributed by atoms with Gasteiger partial charge in [-0.05, 0) is 69.8 Å². The van der Waals surface area contributed by atoms with Gasteiger partial charge < -0.3 is 19.7 Å². The maximum absolute atomic E-state index is 12.6. The van der Waals surface area contributed by atoms with Gasteiger partial charge in [-0.1, -0.05) is 12.1 Å². The summed E-state index contributed by atoms with van der Waals surface area (Å²) in [6, 6.07) is 7.35. The average Bonchev–Trinajstić information content (AvgIpc) is 2.71. The van der Waals surface area contributed by atoms with E-state index < -0.39 is 7.60 Å². The second kappa shape index (κ2) is 13.4. The number of hydrazone groups is 2. The van der Waals surface area contributed by atoms with E-state index in [1.54, 1.807) is 34.7 Å². The highest BCUT2D eigenvalue weighted by molar-refractivity contribution is 7.80. The molecular weight excluding hydrogens is 443 g/mol. The standard InChI is InChI=1S/C18H29N6O3PS2/c1-6-26-28(25,27-7-2)12-15-8-10-16(11-9-15)20-18(30)24-22-14(4)13(3)21-23-17(29)19-5/h8-11H,6-7,12H2,1-5H3,(H2,19,23,29)(H2,20,24,30). The molecule has 0 saturated carbocycles. The molecule has 0 saturated heterocycles. The third-order valence-electron chi connectivity index (χ3n) is 3.64. The van der Waals surface area contributed by atoms with Crippen molar-refractivity contribution in [2.75, 3.05) is 25.6 Å². The molecule has 0 fully saturated rings. The summed E-state index contributed by atoms with van der Waals surface area (Å²) in [4.78, 5) is 0. The zero-order valence-corrected chi connectivity index (χ0v) is 20.3. The van der Waals surface area contributed by atoms with E-state index in [1.807, 2.05) is 24.3 Å². The van der Waals surface area contributed by atoms with Crippen molar-refractivity contribution < 1.29 is 13.6 Å². The van der Waals surface area contributed by atoms with Crippen molar-refractivity contribution in [3.8, 4) is 0 Å². The van der Waals surface area contributed by atoms with Crippen LogP contribution in [0.1, 0.15) is 33.3 Å². The lowest BCUT2D eigenvalue weighted by Gasteiger charge is -2.17. The Bertz CT molecular complexity index is 820. The predicted octanol–water partition coefficient (Wildman–Crippen LogP) is 3.58. The summed E-state index contributed by atoms with van der Waals surface area (Å²) in [6.07, 6.45) is 0.213. The van der Waals surface area contributed by atoms with Gasteiger partial charge >= 0.3 is 7.60 Å². The zero-order valence-electron chi connectivity index (χ0n) is 17.8. The van der Waals surface area contributed by atoms with Gasteiger partial charge in [-0.25, -0.2) is 0 Å². The molecular formula is C18H29N6O3PS2. The summed E-state index contributed by atoms with van der Waals surface area (Å²) >= 11 is 10.2. The predicted molar refractivity (Wildman–Crippen MR) is 131 cm³/mol. The second-order valence-corrected chi connectivity index (χ2v) is 8.82. The van der Waals surface area contributed by atoms with E-state index in [1.165, 1.54) is 0 Å². The summed E-state index contributed by atoms with van der Waals surface area (Å²) in [5.74, 6) is 0. The monoisotopic (exact) mass is 472 g/mol. The van der Waals surface area contributed by atoms with Crippen molar-refractivity contribution in [2.45, 2.75) is 33.9 Å². The summed E-state index contributed by atoms with van der Waals surface area (Å²) in [6.45, 7) is 7.83. The Kier molecular flexibility index (Phi) is 11.7. The molecule has 12 heteroatoms. The maximum atomic E-state index is 12.6. The zero-order chi connectivity index (χ0) is 22.6. The Morgan fingerprint density at radius 2 is 1.47 bits per heavy atom. The number of benzene rings is 1. The molecule has 1 aromatic carbocycles. The number of thiocarbonyl (C=S) groups is 2. The Labute approximate surface area is 188 Å². The fourth-order valence-corrected chi connectivity index (χ4v) is 4.00. The molecule has 0 spiro atoms. The number of nitrogens with zero attached hydrogens (tertiary/aromatic N) is 2. The van der Waals surface area contributed by atoms with E-state index in [4.69, 9.17) is 33.5 Å². The molecule has 166 valence electrons. The number of hydrogen-bond donors (Lipinski definition) is 4. The van der Waals surface area contributed by atoms with E-state index in [-0.39, 0.29) is 6.16 Å². The number of hydrogen-bond acceptors (Lipinski definition) is 7. The van der Waals surface area contributed by atoms with Crippen LogP contribution >= 0.6 is 32.0 Å². The van der Waals surface area contributed by atoms with Crippen LogP contribution in [0.5, 0.6) is 0 Å². The number of rotatable bonds is 10. The Morgan fingerprint density at radius 1 is 0.967 bits per heavy atom. The molecule has 0 aliphatic carbocycles. The summed E-state index contributed by atoms with van der Waals surface area (Å²) < 4.78 is 23.3. The van der Waals surface area contributed by atoms with Gasteiger partial charge in [0, 0.05) is 12.7 Å². The first kappa shape index (κ1) is 26.1. The summed E-state index contributed by atoms with van der Waals surface area (Å²) in [7, 11) is -1.43. The lowest BCUT2D eigenvalue weighted by molar-refractivity contribution is 0.219. The Morgan fingerprint density at radius 3 is 1.93 bits per heavy atom. The molecule has 0 unspecified atom stereocenters. The first-order valence-electron chi connectivity index (χ1n) is 9.33. The normalized spacial score (nSPS) is 12.3. The first-order chi connectivity index (χ1) is 14.2. The van der Waals surface area contributed by atoms with Gasteiger partial charge in [0.25, 0.3) is 0 Å². The van der Waals surface area contributed by atoms with Crippen LogP contribution < -0.4 is 21.5 Å². The van der Waals surface area contributed by atoms with Crippen molar-refractivity contribution in [2.24, 2.45) is 10.2 Å². The highest BCUT2D eigenvalue weighted by Crippen LogP contribution is 2.51. The molecule has 30 heavy (non-hydrogen) atoms. The van der Waals surface area contributed by atoms with Crippen LogP contribution in [0.2, 0.25) is 0 Å². The van der Waals surface area contributed by atoms with Gasteiger partial charge in [-0.3, -0.25) is 15.4 Å². The summed E-state index contributed by atoms with van der Waals surface area (Å²) in [5.41, 5.74) is 8.36. The van der Waals surface area contributed by atoms with Crippen LogP contribution in [0.25, 0.3) is 0 Å². The minimum Gasteiger partial charge on any atom is -0.364 e. The molecule has 4 N–H and O–H groups in total. The van der Waals surface area contributed by atoms with Crippen molar-refractivity contribution in [3.63, 3.8) is 0 Å². The molecule has 0 amide bonds. The van der Waals surface area contributed by atoms with Crippen LogP contribution in [0.15, 0.2) is 34.5 Å². The van der Waals surface area contributed by atoms with Crippen molar-refractivity contribution >= 4 is 59.4 Å².